The second-order valence-electron chi connectivity index (χ2n) is 7.90. The number of aromatic nitrogens is 1. The summed E-state index contributed by atoms with van der Waals surface area (Å²) < 4.78 is 17.9. The van der Waals surface area contributed by atoms with E-state index in [1.165, 1.54) is 29.1 Å². The van der Waals surface area contributed by atoms with Crippen LogP contribution >= 0.6 is 11.3 Å². The third kappa shape index (κ3) is 4.83. The number of phenolic OH excluding ortho intramolecular Hbond substituents is 1. The van der Waals surface area contributed by atoms with Crippen molar-refractivity contribution in [1.82, 2.24) is 4.57 Å². The van der Waals surface area contributed by atoms with Crippen LogP contribution in [0.1, 0.15) is 31.0 Å². The molecule has 0 unspecified atom stereocenters. The topological polar surface area (TPSA) is 99.4 Å². The molecule has 0 bridgehead atoms. The van der Waals surface area contributed by atoms with Crippen molar-refractivity contribution < 1.29 is 24.1 Å². The van der Waals surface area contributed by atoms with Gasteiger partial charge in [0, 0.05) is 0 Å². The van der Waals surface area contributed by atoms with Crippen LogP contribution in [-0.4, -0.2) is 36.0 Å². The van der Waals surface area contributed by atoms with E-state index in [1.807, 2.05) is 12.1 Å². The van der Waals surface area contributed by atoms with Gasteiger partial charge < -0.3 is 19.3 Å². The highest BCUT2D eigenvalue weighted by atomic mass is 32.1. The summed E-state index contributed by atoms with van der Waals surface area (Å²) in [4.78, 5) is 31.6. The average molecular weight is 507 g/mol. The second kappa shape index (κ2) is 10.7. The zero-order valence-electron chi connectivity index (χ0n) is 20.2. The van der Waals surface area contributed by atoms with Crippen molar-refractivity contribution in [1.29, 1.82) is 0 Å². The number of aromatic hydroxyl groups is 1. The molecule has 8 nitrogen and oxygen atoms in total. The molecule has 1 aliphatic rings. The van der Waals surface area contributed by atoms with E-state index in [0.717, 1.165) is 0 Å². The van der Waals surface area contributed by atoms with Gasteiger partial charge in [0.2, 0.25) is 0 Å². The number of carbonyl (C=O) groups excluding carboxylic acids is 1. The van der Waals surface area contributed by atoms with Crippen molar-refractivity contribution in [3.63, 3.8) is 0 Å². The summed E-state index contributed by atoms with van der Waals surface area (Å²) in [5.41, 5.74) is 1.83. The van der Waals surface area contributed by atoms with Gasteiger partial charge in [-0.1, -0.05) is 42.2 Å². The minimum atomic E-state index is -0.722. The third-order valence-corrected chi connectivity index (χ3v) is 6.56. The normalized spacial score (nSPS) is 15.2. The number of rotatable bonds is 8. The summed E-state index contributed by atoms with van der Waals surface area (Å²) >= 11 is 1.21. The predicted octanol–water partition coefficient (Wildman–Crippen LogP) is 3.08. The number of hydrogen-bond acceptors (Lipinski definition) is 8. The molecule has 2 heterocycles. The van der Waals surface area contributed by atoms with Gasteiger partial charge in [0.1, 0.15) is 12.4 Å². The molecule has 0 saturated heterocycles. The number of fused-ring (bicyclic) bond motifs is 1. The SMILES string of the molecule is C=CCOc1ccc([C@@H]2C(C(=O)OCC)=C(C)N=c3s/c(=C\c4ccc(OC)c(O)c4)c(=O)n32)cc1. The van der Waals surface area contributed by atoms with Crippen LogP contribution in [0.2, 0.25) is 0 Å². The molecule has 0 spiro atoms. The highest BCUT2D eigenvalue weighted by Crippen LogP contribution is 2.32. The Morgan fingerprint density at radius 3 is 2.64 bits per heavy atom. The molecule has 0 radical (unpaired) electrons. The molecule has 3 aromatic rings. The minimum absolute atomic E-state index is 0.0314. The Hall–Kier alpha value is -4.11. The molecule has 1 aromatic heterocycles. The summed E-state index contributed by atoms with van der Waals surface area (Å²) in [6, 6.07) is 11.4. The van der Waals surface area contributed by atoms with Crippen LogP contribution in [0.3, 0.4) is 0 Å². The van der Waals surface area contributed by atoms with Crippen molar-refractivity contribution in [2.45, 2.75) is 19.9 Å². The fourth-order valence-corrected chi connectivity index (χ4v) is 5.00. The molecule has 1 atom stereocenters. The maximum Gasteiger partial charge on any atom is 0.338 e. The lowest BCUT2D eigenvalue weighted by Gasteiger charge is -2.24. The van der Waals surface area contributed by atoms with Crippen molar-refractivity contribution in [3.8, 4) is 17.2 Å². The maximum absolute atomic E-state index is 13.6. The number of benzene rings is 2. The van der Waals surface area contributed by atoms with Gasteiger partial charge >= 0.3 is 5.97 Å². The van der Waals surface area contributed by atoms with E-state index in [-0.39, 0.29) is 17.9 Å². The van der Waals surface area contributed by atoms with E-state index in [2.05, 4.69) is 11.6 Å². The zero-order valence-corrected chi connectivity index (χ0v) is 21.0. The lowest BCUT2D eigenvalue weighted by atomic mass is 9.96. The van der Waals surface area contributed by atoms with Crippen LogP contribution < -0.4 is 24.4 Å². The van der Waals surface area contributed by atoms with E-state index in [9.17, 15) is 14.7 Å². The number of nitrogens with zero attached hydrogens (tertiary/aromatic N) is 2. The summed E-state index contributed by atoms with van der Waals surface area (Å²) in [6.07, 6.45) is 3.33. The minimum Gasteiger partial charge on any atom is -0.504 e. The first-order chi connectivity index (χ1) is 17.4. The van der Waals surface area contributed by atoms with Crippen molar-refractivity contribution in [3.05, 3.63) is 97.2 Å². The standard InChI is InChI=1S/C27H26N2O6S/c1-5-13-35-19-10-8-18(9-11-19)24-23(26(32)34-6-2)16(3)28-27-29(24)25(31)22(36-27)15-17-7-12-21(33-4)20(30)14-17/h5,7-12,14-15,24,30H,1,6,13H2,2-4H3/b22-15-/t24-/m1/s1. The first-order valence-corrected chi connectivity index (χ1v) is 12.1. The fraction of sp³-hybridized carbons (Fsp3) is 0.222. The van der Waals surface area contributed by atoms with E-state index in [4.69, 9.17) is 14.2 Å². The number of thiazole rings is 1. The maximum atomic E-state index is 13.6. The lowest BCUT2D eigenvalue weighted by molar-refractivity contribution is -0.139. The van der Waals surface area contributed by atoms with Gasteiger partial charge in [0.05, 0.1) is 35.6 Å². The summed E-state index contributed by atoms with van der Waals surface area (Å²) in [5.74, 6) is 0.425. The van der Waals surface area contributed by atoms with Crippen LogP contribution in [0.25, 0.3) is 6.08 Å². The summed E-state index contributed by atoms with van der Waals surface area (Å²) in [5, 5.41) is 10.1. The molecular weight excluding hydrogens is 480 g/mol. The molecule has 0 fully saturated rings. The van der Waals surface area contributed by atoms with E-state index in [0.29, 0.717) is 49.8 Å². The number of ether oxygens (including phenoxy) is 3. The molecule has 186 valence electrons. The van der Waals surface area contributed by atoms with E-state index >= 15 is 0 Å². The van der Waals surface area contributed by atoms with Crippen LogP contribution in [0, 0.1) is 0 Å². The first kappa shape index (κ1) is 25.0. The molecule has 36 heavy (non-hydrogen) atoms. The fourth-order valence-electron chi connectivity index (χ4n) is 3.96. The van der Waals surface area contributed by atoms with Gasteiger partial charge in [-0.25, -0.2) is 9.79 Å². The monoisotopic (exact) mass is 506 g/mol. The Labute approximate surface area is 211 Å². The molecule has 9 heteroatoms. The van der Waals surface area contributed by atoms with E-state index in [1.54, 1.807) is 50.3 Å². The number of methoxy groups -OCH3 is 1. The van der Waals surface area contributed by atoms with Crippen LogP contribution in [0.5, 0.6) is 17.2 Å². The van der Waals surface area contributed by atoms with E-state index < -0.39 is 12.0 Å². The lowest BCUT2D eigenvalue weighted by Crippen LogP contribution is -2.39. The molecule has 0 amide bonds. The van der Waals surface area contributed by atoms with Crippen LogP contribution in [-0.2, 0) is 9.53 Å². The largest absolute Gasteiger partial charge is 0.504 e. The van der Waals surface area contributed by atoms with Gasteiger partial charge in [-0.3, -0.25) is 9.36 Å². The van der Waals surface area contributed by atoms with Gasteiger partial charge in [0.25, 0.3) is 5.56 Å². The molecule has 2 aromatic carbocycles. The number of esters is 1. The second-order valence-corrected chi connectivity index (χ2v) is 8.91. The number of allylic oxidation sites excluding steroid dienone is 1. The quantitative estimate of drug-likeness (QED) is 0.372. The van der Waals surface area contributed by atoms with Crippen molar-refractivity contribution in [2.75, 3.05) is 20.3 Å². The molecule has 1 aliphatic heterocycles. The zero-order chi connectivity index (χ0) is 25.8. The third-order valence-electron chi connectivity index (χ3n) is 5.58. The predicted molar refractivity (Wildman–Crippen MR) is 137 cm³/mol. The van der Waals surface area contributed by atoms with Crippen LogP contribution in [0.4, 0.5) is 0 Å². The molecule has 0 saturated carbocycles. The van der Waals surface area contributed by atoms with Crippen molar-refractivity contribution >= 4 is 23.4 Å². The van der Waals surface area contributed by atoms with Crippen molar-refractivity contribution in [2.24, 2.45) is 4.99 Å². The van der Waals surface area contributed by atoms with Gasteiger partial charge in [0.15, 0.2) is 16.3 Å². The van der Waals surface area contributed by atoms with Gasteiger partial charge in [-0.2, -0.15) is 0 Å². The highest BCUT2D eigenvalue weighted by Gasteiger charge is 2.33. The Balaban J connectivity index is 1.87. The van der Waals surface area contributed by atoms with Gasteiger partial charge in [-0.15, -0.1) is 0 Å². The first-order valence-electron chi connectivity index (χ1n) is 11.3. The highest BCUT2D eigenvalue weighted by molar-refractivity contribution is 7.07. The molecule has 0 aliphatic carbocycles. The number of carbonyl (C=O) groups is 1. The molecular formula is C27H26N2O6S. The number of phenols is 1. The Kier molecular flexibility index (Phi) is 7.40. The Morgan fingerprint density at radius 2 is 2.00 bits per heavy atom. The van der Waals surface area contributed by atoms with Gasteiger partial charge in [-0.05, 0) is 55.3 Å². The molecule has 1 N–H and O–H groups in total. The summed E-state index contributed by atoms with van der Waals surface area (Å²) in [7, 11) is 1.47. The average Bonchev–Trinajstić information content (AvgIpc) is 3.16. The number of hydrogen-bond donors (Lipinski definition) is 1. The Bertz CT molecular complexity index is 1520. The Morgan fingerprint density at radius 1 is 1.25 bits per heavy atom. The summed E-state index contributed by atoms with van der Waals surface area (Å²) in [6.45, 7) is 7.68. The van der Waals surface area contributed by atoms with Crippen LogP contribution in [0.15, 0.2) is 76.2 Å². The molecule has 4 rings (SSSR count). The smallest absolute Gasteiger partial charge is 0.338 e.